The van der Waals surface area contributed by atoms with Gasteiger partial charge >= 0.3 is 0 Å². The summed E-state index contributed by atoms with van der Waals surface area (Å²) >= 11 is 5.19. The van der Waals surface area contributed by atoms with Gasteiger partial charge in [-0.15, -0.1) is 0 Å². The number of hydrogen-bond acceptors (Lipinski definition) is 2. The predicted molar refractivity (Wildman–Crippen MR) is 54.4 cm³/mol. The molecule has 1 aliphatic rings. The zero-order chi connectivity index (χ0) is 8.55. The monoisotopic (exact) mass is 178 g/mol. The van der Waals surface area contributed by atoms with Gasteiger partial charge in [-0.25, -0.2) is 0 Å². The zero-order valence-electron chi connectivity index (χ0n) is 6.79. The molecule has 0 bridgehead atoms. The Morgan fingerprint density at radius 2 is 2.00 bits per heavy atom. The topological polar surface area (TPSA) is 24.1 Å². The van der Waals surface area contributed by atoms with Gasteiger partial charge in [0.25, 0.3) is 0 Å². The molecule has 2 rings (SSSR count). The van der Waals surface area contributed by atoms with E-state index in [1.54, 1.807) is 0 Å². The summed E-state index contributed by atoms with van der Waals surface area (Å²) in [5.41, 5.74) is 2.21. The molecule has 0 saturated heterocycles. The standard InChI is InChI=1S/C9H10N2S/c1-6-10-8-5-3-2-4-7(8)9(12)11-6/h2-6,10H,1H3,(H,11,12)/t6-/m1/s1. The lowest BCUT2D eigenvalue weighted by molar-refractivity contribution is 0.745. The first-order valence-corrected chi connectivity index (χ1v) is 4.34. The lowest BCUT2D eigenvalue weighted by Gasteiger charge is -2.26. The highest BCUT2D eigenvalue weighted by Gasteiger charge is 2.15. The molecule has 0 spiro atoms. The highest BCUT2D eigenvalue weighted by atomic mass is 32.1. The second kappa shape index (κ2) is 2.75. The molecule has 0 unspecified atom stereocenters. The molecule has 0 amide bonds. The molecule has 1 atom stereocenters. The Balaban J connectivity index is 2.47. The first-order chi connectivity index (χ1) is 5.77. The summed E-state index contributed by atoms with van der Waals surface area (Å²) in [5, 5.41) is 6.45. The number of thiocarbonyl (C=S) groups is 1. The van der Waals surface area contributed by atoms with Crippen LogP contribution < -0.4 is 10.6 Å². The van der Waals surface area contributed by atoms with Crippen LogP contribution in [0, 0.1) is 0 Å². The number of anilines is 1. The molecule has 1 aliphatic heterocycles. The summed E-state index contributed by atoms with van der Waals surface area (Å²) in [6.07, 6.45) is 0.229. The van der Waals surface area contributed by atoms with Crippen LogP contribution >= 0.6 is 12.2 Å². The van der Waals surface area contributed by atoms with Gasteiger partial charge in [-0.05, 0) is 19.1 Å². The van der Waals surface area contributed by atoms with Crippen LogP contribution in [-0.2, 0) is 0 Å². The Morgan fingerprint density at radius 1 is 1.25 bits per heavy atom. The van der Waals surface area contributed by atoms with E-state index in [2.05, 4.69) is 10.6 Å². The first-order valence-electron chi connectivity index (χ1n) is 3.94. The molecule has 0 fully saturated rings. The minimum Gasteiger partial charge on any atom is -0.365 e. The number of rotatable bonds is 0. The maximum absolute atomic E-state index is 5.19. The van der Waals surface area contributed by atoms with E-state index in [9.17, 15) is 0 Å². The van der Waals surface area contributed by atoms with E-state index in [0.717, 1.165) is 16.2 Å². The molecule has 0 aliphatic carbocycles. The number of fused-ring (bicyclic) bond motifs is 1. The minimum atomic E-state index is 0.229. The Kier molecular flexibility index (Phi) is 1.73. The van der Waals surface area contributed by atoms with Crippen molar-refractivity contribution in [3.05, 3.63) is 29.8 Å². The van der Waals surface area contributed by atoms with E-state index in [1.165, 1.54) is 0 Å². The Morgan fingerprint density at radius 3 is 2.83 bits per heavy atom. The number of hydrogen-bond donors (Lipinski definition) is 2. The summed E-state index contributed by atoms with van der Waals surface area (Å²) in [6, 6.07) is 8.06. The maximum Gasteiger partial charge on any atom is 0.110 e. The van der Waals surface area contributed by atoms with Gasteiger partial charge in [-0.1, -0.05) is 24.4 Å². The van der Waals surface area contributed by atoms with E-state index in [-0.39, 0.29) is 6.17 Å². The van der Waals surface area contributed by atoms with Gasteiger partial charge in [0.15, 0.2) is 0 Å². The fourth-order valence-electron chi connectivity index (χ4n) is 1.35. The van der Waals surface area contributed by atoms with Crippen molar-refractivity contribution in [2.75, 3.05) is 5.32 Å². The average Bonchev–Trinajstić information content (AvgIpc) is 2.04. The molecule has 0 aromatic heterocycles. The second-order valence-electron chi connectivity index (χ2n) is 2.89. The van der Waals surface area contributed by atoms with Crippen molar-refractivity contribution < 1.29 is 0 Å². The average molecular weight is 178 g/mol. The predicted octanol–water partition coefficient (Wildman–Crippen LogP) is 1.72. The molecule has 1 heterocycles. The molecule has 1 aromatic rings. The van der Waals surface area contributed by atoms with Gasteiger partial charge in [-0.2, -0.15) is 0 Å². The quantitative estimate of drug-likeness (QED) is 0.591. The van der Waals surface area contributed by atoms with Gasteiger partial charge in [0.05, 0.1) is 6.17 Å². The van der Waals surface area contributed by atoms with Crippen molar-refractivity contribution in [1.82, 2.24) is 5.32 Å². The van der Waals surface area contributed by atoms with Crippen LogP contribution in [0.4, 0.5) is 5.69 Å². The molecule has 3 heteroatoms. The molecular weight excluding hydrogens is 168 g/mol. The van der Waals surface area contributed by atoms with Crippen molar-refractivity contribution in [1.29, 1.82) is 0 Å². The highest BCUT2D eigenvalue weighted by molar-refractivity contribution is 7.80. The van der Waals surface area contributed by atoms with E-state index >= 15 is 0 Å². The van der Waals surface area contributed by atoms with Crippen LogP contribution in [0.15, 0.2) is 24.3 Å². The second-order valence-corrected chi connectivity index (χ2v) is 3.29. The summed E-state index contributed by atoms with van der Waals surface area (Å²) in [6.45, 7) is 2.04. The van der Waals surface area contributed by atoms with Crippen LogP contribution in [0.2, 0.25) is 0 Å². The molecule has 2 nitrogen and oxygen atoms in total. The fraction of sp³-hybridized carbons (Fsp3) is 0.222. The van der Waals surface area contributed by atoms with E-state index < -0.39 is 0 Å². The van der Waals surface area contributed by atoms with Crippen LogP contribution in [0.5, 0.6) is 0 Å². The number of nitrogens with one attached hydrogen (secondary N) is 2. The van der Waals surface area contributed by atoms with Gasteiger partial charge in [-0.3, -0.25) is 0 Å². The third kappa shape index (κ3) is 1.16. The van der Waals surface area contributed by atoms with Crippen molar-refractivity contribution in [3.63, 3.8) is 0 Å². The fourth-order valence-corrected chi connectivity index (χ4v) is 1.71. The van der Waals surface area contributed by atoms with Crippen LogP contribution in [0.25, 0.3) is 0 Å². The van der Waals surface area contributed by atoms with Gasteiger partial charge in [0, 0.05) is 11.3 Å². The normalized spacial score (nSPS) is 20.8. The number of para-hydroxylation sites is 1. The largest absolute Gasteiger partial charge is 0.365 e. The first kappa shape index (κ1) is 7.55. The smallest absolute Gasteiger partial charge is 0.110 e. The Labute approximate surface area is 77.0 Å². The maximum atomic E-state index is 5.19. The molecule has 2 N–H and O–H groups in total. The summed E-state index contributed by atoms with van der Waals surface area (Å²) in [4.78, 5) is 0.830. The summed E-state index contributed by atoms with van der Waals surface area (Å²) < 4.78 is 0. The van der Waals surface area contributed by atoms with Gasteiger partial charge in [0.2, 0.25) is 0 Å². The van der Waals surface area contributed by atoms with Crippen molar-refractivity contribution in [2.24, 2.45) is 0 Å². The molecule has 12 heavy (non-hydrogen) atoms. The van der Waals surface area contributed by atoms with Crippen LogP contribution in [-0.4, -0.2) is 11.2 Å². The molecular formula is C9H10N2S. The van der Waals surface area contributed by atoms with Crippen molar-refractivity contribution in [3.8, 4) is 0 Å². The Bertz CT molecular complexity index is 322. The summed E-state index contributed by atoms with van der Waals surface area (Å²) in [7, 11) is 0. The molecule has 1 aromatic carbocycles. The highest BCUT2D eigenvalue weighted by Crippen LogP contribution is 2.19. The molecule has 62 valence electrons. The SMILES string of the molecule is C[C@H]1NC(=S)c2ccccc2N1. The minimum absolute atomic E-state index is 0.229. The third-order valence-electron chi connectivity index (χ3n) is 1.89. The van der Waals surface area contributed by atoms with Crippen LogP contribution in [0.1, 0.15) is 12.5 Å². The van der Waals surface area contributed by atoms with E-state index in [4.69, 9.17) is 12.2 Å². The van der Waals surface area contributed by atoms with Gasteiger partial charge < -0.3 is 10.6 Å². The van der Waals surface area contributed by atoms with E-state index in [1.807, 2.05) is 31.2 Å². The number of benzene rings is 1. The van der Waals surface area contributed by atoms with Crippen molar-refractivity contribution >= 4 is 22.9 Å². The lowest BCUT2D eigenvalue weighted by Crippen LogP contribution is -2.42. The third-order valence-corrected chi connectivity index (χ3v) is 2.23. The van der Waals surface area contributed by atoms with Crippen molar-refractivity contribution in [2.45, 2.75) is 13.1 Å². The Hall–Kier alpha value is -1.09. The molecule has 0 radical (unpaired) electrons. The zero-order valence-corrected chi connectivity index (χ0v) is 7.61. The lowest BCUT2D eigenvalue weighted by atomic mass is 10.1. The molecule has 0 saturated carbocycles. The van der Waals surface area contributed by atoms with Crippen LogP contribution in [0.3, 0.4) is 0 Å². The van der Waals surface area contributed by atoms with Gasteiger partial charge in [0.1, 0.15) is 4.99 Å². The summed E-state index contributed by atoms with van der Waals surface area (Å²) in [5.74, 6) is 0. The van der Waals surface area contributed by atoms with E-state index in [0.29, 0.717) is 0 Å².